The molecule has 3 heterocycles. The van der Waals surface area contributed by atoms with Gasteiger partial charge in [0.25, 0.3) is 0 Å². The molecule has 2 saturated heterocycles. The molecule has 0 bridgehead atoms. The van der Waals surface area contributed by atoms with Gasteiger partial charge in [0, 0.05) is 44.6 Å². The van der Waals surface area contributed by atoms with Crippen molar-refractivity contribution in [3.8, 4) is 0 Å². The Morgan fingerprint density at radius 3 is 2.30 bits per heavy atom. The summed E-state index contributed by atoms with van der Waals surface area (Å²) in [4.78, 5) is 24.3. The van der Waals surface area contributed by atoms with E-state index in [1.165, 1.54) is 16.7 Å². The molecule has 0 aliphatic carbocycles. The largest absolute Gasteiger partial charge is 0.354 e. The molecule has 4 rings (SSSR count). The highest BCUT2D eigenvalue weighted by Crippen LogP contribution is 2.31. The van der Waals surface area contributed by atoms with Crippen LogP contribution in [0.3, 0.4) is 0 Å². The molecule has 0 radical (unpaired) electrons. The zero-order valence-electron chi connectivity index (χ0n) is 16.5. The minimum atomic E-state index is 0.0102. The maximum atomic E-state index is 13.2. The van der Waals surface area contributed by atoms with Crippen LogP contribution in [0.1, 0.15) is 23.1 Å². The first-order valence-electron chi connectivity index (χ1n) is 9.84. The van der Waals surface area contributed by atoms with Gasteiger partial charge in [-0.15, -0.1) is 0 Å². The fourth-order valence-electron chi connectivity index (χ4n) is 4.63. The number of carbonyl (C=O) groups excluding carboxylic acids is 1. The number of pyridine rings is 1. The number of piperazine rings is 1. The molecule has 27 heavy (non-hydrogen) atoms. The van der Waals surface area contributed by atoms with Crippen LogP contribution in [-0.2, 0) is 4.79 Å². The normalized spacial score (nSPS) is 21.1. The summed E-state index contributed by atoms with van der Waals surface area (Å²) in [7, 11) is 0. The van der Waals surface area contributed by atoms with E-state index in [4.69, 9.17) is 0 Å². The summed E-state index contributed by atoms with van der Waals surface area (Å²) in [6.45, 7) is 10.8. The topological polar surface area (TPSA) is 39.7 Å². The number of benzene rings is 1. The Balaban J connectivity index is 1.44. The van der Waals surface area contributed by atoms with Crippen LogP contribution < -0.4 is 9.80 Å². The number of hydrogen-bond donors (Lipinski definition) is 0. The number of hydrogen-bond acceptors (Lipinski definition) is 4. The standard InChI is InChI=1S/C22H28N4O/c1-16-14-17(2)21(18(3)15-16)26-9-7-19(22(26)27)24-10-12-25(13-11-24)20-6-4-5-8-23-20/h4-6,8,14-15,19H,7,9-13H2,1-3H3. The third-order valence-corrected chi connectivity index (χ3v) is 5.81. The molecular weight excluding hydrogens is 336 g/mol. The second-order valence-corrected chi connectivity index (χ2v) is 7.75. The molecule has 2 aliphatic rings. The van der Waals surface area contributed by atoms with Gasteiger partial charge in [-0.3, -0.25) is 9.69 Å². The Kier molecular flexibility index (Phi) is 4.87. The van der Waals surface area contributed by atoms with Gasteiger partial charge in [-0.25, -0.2) is 4.98 Å². The maximum Gasteiger partial charge on any atom is 0.244 e. The van der Waals surface area contributed by atoms with Crippen LogP contribution in [-0.4, -0.2) is 54.6 Å². The van der Waals surface area contributed by atoms with E-state index in [0.717, 1.165) is 50.6 Å². The van der Waals surface area contributed by atoms with Crippen molar-refractivity contribution in [3.05, 3.63) is 53.2 Å². The Bertz CT molecular complexity index is 804. The third-order valence-electron chi connectivity index (χ3n) is 5.81. The molecule has 0 N–H and O–H groups in total. The van der Waals surface area contributed by atoms with Crippen molar-refractivity contribution in [3.63, 3.8) is 0 Å². The molecule has 5 heteroatoms. The lowest BCUT2D eigenvalue weighted by molar-refractivity contribution is -0.121. The zero-order valence-corrected chi connectivity index (χ0v) is 16.5. The molecular formula is C22H28N4O. The van der Waals surface area contributed by atoms with Crippen LogP contribution in [0.2, 0.25) is 0 Å². The Labute approximate surface area is 161 Å². The number of nitrogens with zero attached hydrogens (tertiary/aromatic N) is 4. The highest BCUT2D eigenvalue weighted by Gasteiger charge is 2.38. The van der Waals surface area contributed by atoms with Gasteiger partial charge in [0.05, 0.1) is 6.04 Å². The van der Waals surface area contributed by atoms with Crippen molar-refractivity contribution in [2.75, 3.05) is 42.5 Å². The number of amides is 1. The summed E-state index contributed by atoms with van der Waals surface area (Å²) >= 11 is 0. The van der Waals surface area contributed by atoms with Gasteiger partial charge in [-0.1, -0.05) is 23.8 Å². The highest BCUT2D eigenvalue weighted by atomic mass is 16.2. The molecule has 2 aliphatic heterocycles. The lowest BCUT2D eigenvalue weighted by Crippen LogP contribution is -2.52. The molecule has 2 aromatic rings. The quantitative estimate of drug-likeness (QED) is 0.840. The van der Waals surface area contributed by atoms with Crippen LogP contribution >= 0.6 is 0 Å². The number of rotatable bonds is 3. The predicted molar refractivity (Wildman–Crippen MR) is 109 cm³/mol. The minimum absolute atomic E-state index is 0.0102. The first-order valence-corrected chi connectivity index (χ1v) is 9.84. The summed E-state index contributed by atoms with van der Waals surface area (Å²) in [6, 6.07) is 10.4. The lowest BCUT2D eigenvalue weighted by Gasteiger charge is -2.37. The molecule has 0 saturated carbocycles. The first-order chi connectivity index (χ1) is 13.0. The molecule has 1 aromatic carbocycles. The Morgan fingerprint density at radius 2 is 1.67 bits per heavy atom. The minimum Gasteiger partial charge on any atom is -0.354 e. The molecule has 1 atom stereocenters. The molecule has 1 unspecified atom stereocenters. The van der Waals surface area contributed by atoms with Crippen molar-refractivity contribution in [1.29, 1.82) is 0 Å². The van der Waals surface area contributed by atoms with E-state index in [1.807, 2.05) is 23.2 Å². The number of anilines is 2. The number of aryl methyl sites for hydroxylation is 3. The van der Waals surface area contributed by atoms with Crippen LogP contribution in [0.5, 0.6) is 0 Å². The average molecular weight is 364 g/mol. The van der Waals surface area contributed by atoms with Gasteiger partial charge in [-0.05, 0) is 50.5 Å². The second-order valence-electron chi connectivity index (χ2n) is 7.75. The summed E-state index contributed by atoms with van der Waals surface area (Å²) in [5.74, 6) is 1.29. The highest BCUT2D eigenvalue weighted by molar-refractivity contribution is 6.00. The molecule has 5 nitrogen and oxygen atoms in total. The molecule has 1 aromatic heterocycles. The maximum absolute atomic E-state index is 13.2. The van der Waals surface area contributed by atoms with Gasteiger partial charge in [0.2, 0.25) is 5.91 Å². The van der Waals surface area contributed by atoms with Crippen LogP contribution in [0.15, 0.2) is 36.5 Å². The van der Waals surface area contributed by atoms with E-state index in [9.17, 15) is 4.79 Å². The van der Waals surface area contributed by atoms with E-state index >= 15 is 0 Å². The van der Waals surface area contributed by atoms with Crippen LogP contribution in [0, 0.1) is 20.8 Å². The van der Waals surface area contributed by atoms with Gasteiger partial charge in [-0.2, -0.15) is 0 Å². The van der Waals surface area contributed by atoms with Gasteiger partial charge in [0.1, 0.15) is 5.82 Å². The van der Waals surface area contributed by atoms with E-state index in [-0.39, 0.29) is 11.9 Å². The fourth-order valence-corrected chi connectivity index (χ4v) is 4.63. The van der Waals surface area contributed by atoms with Crippen molar-refractivity contribution >= 4 is 17.4 Å². The van der Waals surface area contributed by atoms with Crippen molar-refractivity contribution < 1.29 is 4.79 Å². The van der Waals surface area contributed by atoms with Crippen LogP contribution in [0.25, 0.3) is 0 Å². The molecule has 1 amide bonds. The zero-order chi connectivity index (χ0) is 19.0. The van der Waals surface area contributed by atoms with Gasteiger partial charge < -0.3 is 9.80 Å². The van der Waals surface area contributed by atoms with Crippen molar-refractivity contribution in [2.45, 2.75) is 33.2 Å². The molecule has 2 fully saturated rings. The molecule has 142 valence electrons. The molecule has 0 spiro atoms. The predicted octanol–water partition coefficient (Wildman–Crippen LogP) is 2.93. The Morgan fingerprint density at radius 1 is 0.963 bits per heavy atom. The number of carbonyl (C=O) groups is 1. The third kappa shape index (κ3) is 3.44. The SMILES string of the molecule is Cc1cc(C)c(N2CCC(N3CCN(c4ccccn4)CC3)C2=O)c(C)c1. The monoisotopic (exact) mass is 364 g/mol. The Hall–Kier alpha value is -2.40. The van der Waals surface area contributed by atoms with E-state index in [2.05, 4.69) is 53.8 Å². The first kappa shape index (κ1) is 18.0. The van der Waals surface area contributed by atoms with E-state index in [1.54, 1.807) is 0 Å². The van der Waals surface area contributed by atoms with Gasteiger partial charge >= 0.3 is 0 Å². The summed E-state index contributed by atoms with van der Waals surface area (Å²) in [5, 5.41) is 0. The van der Waals surface area contributed by atoms with Gasteiger partial charge in [0.15, 0.2) is 0 Å². The average Bonchev–Trinajstić information content (AvgIpc) is 3.03. The second kappa shape index (κ2) is 7.31. The summed E-state index contributed by atoms with van der Waals surface area (Å²) < 4.78 is 0. The van der Waals surface area contributed by atoms with Crippen molar-refractivity contribution in [1.82, 2.24) is 9.88 Å². The fraction of sp³-hybridized carbons (Fsp3) is 0.455. The summed E-state index contributed by atoms with van der Waals surface area (Å²) in [5.41, 5.74) is 4.76. The number of aromatic nitrogens is 1. The summed E-state index contributed by atoms with van der Waals surface area (Å²) in [6.07, 6.45) is 2.75. The van der Waals surface area contributed by atoms with E-state index < -0.39 is 0 Å². The van der Waals surface area contributed by atoms with Crippen LogP contribution in [0.4, 0.5) is 11.5 Å². The smallest absolute Gasteiger partial charge is 0.244 e. The lowest BCUT2D eigenvalue weighted by atomic mass is 10.0. The van der Waals surface area contributed by atoms with E-state index in [0.29, 0.717) is 0 Å². The van der Waals surface area contributed by atoms with Crippen molar-refractivity contribution in [2.24, 2.45) is 0 Å².